The zero-order valence-corrected chi connectivity index (χ0v) is 10.7. The van der Waals surface area contributed by atoms with Gasteiger partial charge >= 0.3 is 0 Å². The fourth-order valence-corrected chi connectivity index (χ4v) is 2.24. The molecule has 0 unspecified atom stereocenters. The molecule has 1 aliphatic carbocycles. The highest BCUT2D eigenvalue weighted by atomic mass is 79.9. The van der Waals surface area contributed by atoms with Crippen molar-refractivity contribution in [1.29, 1.82) is 0 Å². The van der Waals surface area contributed by atoms with Crippen LogP contribution in [0, 0.1) is 0 Å². The van der Waals surface area contributed by atoms with Crippen LogP contribution in [-0.2, 0) is 0 Å². The molecule has 1 N–H and O–H groups in total. The molecule has 16 heavy (non-hydrogen) atoms. The first-order chi connectivity index (χ1) is 7.74. The Morgan fingerprint density at radius 2 is 2.12 bits per heavy atom. The highest BCUT2D eigenvalue weighted by Crippen LogP contribution is 2.31. The number of aromatic nitrogens is 2. The van der Waals surface area contributed by atoms with E-state index in [0.29, 0.717) is 6.04 Å². The van der Waals surface area contributed by atoms with E-state index in [1.54, 1.807) is 0 Å². The molecule has 0 bridgehead atoms. The number of anilines is 1. The van der Waals surface area contributed by atoms with Crippen LogP contribution in [0.1, 0.15) is 12.8 Å². The minimum absolute atomic E-state index is 0.280. The Balaban J connectivity index is 2.20. The third-order valence-corrected chi connectivity index (χ3v) is 3.38. The Labute approximate surface area is 106 Å². The number of rotatable bonds is 2. The van der Waals surface area contributed by atoms with E-state index in [1.807, 2.05) is 18.2 Å². The van der Waals surface area contributed by atoms with Gasteiger partial charge in [0, 0.05) is 15.9 Å². The Morgan fingerprint density at radius 1 is 1.31 bits per heavy atom. The fraction of sp³-hybridized carbons (Fsp3) is 0.273. The van der Waals surface area contributed by atoms with Crippen molar-refractivity contribution in [1.82, 2.24) is 9.97 Å². The van der Waals surface area contributed by atoms with Gasteiger partial charge in [-0.2, -0.15) is 0 Å². The van der Waals surface area contributed by atoms with E-state index in [0.717, 1.165) is 21.2 Å². The first-order valence-corrected chi connectivity index (χ1v) is 6.29. The maximum atomic E-state index is 5.92. The van der Waals surface area contributed by atoms with Crippen molar-refractivity contribution in [2.24, 2.45) is 0 Å². The summed E-state index contributed by atoms with van der Waals surface area (Å²) in [6.07, 6.45) is 2.41. The van der Waals surface area contributed by atoms with Crippen LogP contribution in [-0.4, -0.2) is 16.0 Å². The second-order valence-corrected chi connectivity index (χ2v) is 5.09. The van der Waals surface area contributed by atoms with Gasteiger partial charge in [0.25, 0.3) is 0 Å². The fourth-order valence-electron chi connectivity index (χ4n) is 1.62. The van der Waals surface area contributed by atoms with Gasteiger partial charge in [-0.15, -0.1) is 0 Å². The van der Waals surface area contributed by atoms with Crippen molar-refractivity contribution in [2.45, 2.75) is 18.9 Å². The first-order valence-electron chi connectivity index (χ1n) is 5.12. The maximum absolute atomic E-state index is 5.92. The third kappa shape index (κ3) is 1.87. The van der Waals surface area contributed by atoms with Crippen molar-refractivity contribution in [3.8, 4) is 0 Å². The quantitative estimate of drug-likeness (QED) is 0.861. The SMILES string of the molecule is Clc1nc(NC2CC2)c2cccc(Br)c2n1. The summed E-state index contributed by atoms with van der Waals surface area (Å²) < 4.78 is 0.938. The highest BCUT2D eigenvalue weighted by Gasteiger charge is 2.22. The molecule has 5 heteroatoms. The lowest BCUT2D eigenvalue weighted by molar-refractivity contribution is 1.10. The molecule has 0 aliphatic heterocycles. The van der Waals surface area contributed by atoms with E-state index in [4.69, 9.17) is 11.6 Å². The van der Waals surface area contributed by atoms with E-state index in [2.05, 4.69) is 31.2 Å². The zero-order chi connectivity index (χ0) is 11.1. The largest absolute Gasteiger partial charge is 0.367 e. The third-order valence-electron chi connectivity index (χ3n) is 2.57. The van der Waals surface area contributed by atoms with Crippen LogP contribution >= 0.6 is 27.5 Å². The summed E-state index contributed by atoms with van der Waals surface area (Å²) in [5.74, 6) is 0.832. The molecule has 1 saturated carbocycles. The molecule has 1 fully saturated rings. The van der Waals surface area contributed by atoms with Crippen LogP contribution in [0.3, 0.4) is 0 Å². The van der Waals surface area contributed by atoms with E-state index in [9.17, 15) is 0 Å². The van der Waals surface area contributed by atoms with Gasteiger partial charge in [-0.1, -0.05) is 6.07 Å². The Morgan fingerprint density at radius 3 is 2.88 bits per heavy atom. The van der Waals surface area contributed by atoms with E-state index >= 15 is 0 Å². The summed E-state index contributed by atoms with van der Waals surface area (Å²) in [4.78, 5) is 8.48. The molecule has 82 valence electrons. The molecule has 0 saturated heterocycles. The first kappa shape index (κ1) is 10.3. The lowest BCUT2D eigenvalue weighted by Gasteiger charge is -2.08. The van der Waals surface area contributed by atoms with E-state index in [-0.39, 0.29) is 5.28 Å². The van der Waals surface area contributed by atoms with Gasteiger partial charge < -0.3 is 5.32 Å². The lowest BCUT2D eigenvalue weighted by atomic mass is 10.2. The van der Waals surface area contributed by atoms with Crippen LogP contribution in [0.25, 0.3) is 10.9 Å². The molecular weight excluding hydrogens is 289 g/mol. The minimum atomic E-state index is 0.280. The highest BCUT2D eigenvalue weighted by molar-refractivity contribution is 9.10. The van der Waals surface area contributed by atoms with Crippen molar-refractivity contribution < 1.29 is 0 Å². The molecule has 2 aromatic rings. The van der Waals surface area contributed by atoms with Gasteiger partial charge in [-0.25, -0.2) is 9.97 Å². The van der Waals surface area contributed by atoms with Gasteiger partial charge in [0.1, 0.15) is 5.82 Å². The van der Waals surface area contributed by atoms with Gasteiger partial charge in [0.05, 0.1) is 5.52 Å². The summed E-state index contributed by atoms with van der Waals surface area (Å²) in [5, 5.41) is 4.66. The molecule has 0 spiro atoms. The van der Waals surface area contributed by atoms with Gasteiger partial charge in [0.2, 0.25) is 5.28 Å². The second-order valence-electron chi connectivity index (χ2n) is 3.90. The normalized spacial score (nSPS) is 15.4. The molecule has 1 heterocycles. The average molecular weight is 299 g/mol. The average Bonchev–Trinajstić information content (AvgIpc) is 3.03. The predicted molar refractivity (Wildman–Crippen MR) is 68.9 cm³/mol. The standard InChI is InChI=1S/C11H9BrClN3/c12-8-3-1-2-7-9(8)15-11(13)16-10(7)14-6-4-5-6/h1-3,6H,4-5H2,(H,14,15,16). The summed E-state index contributed by atoms with van der Waals surface area (Å²) in [5.41, 5.74) is 0.852. The molecular formula is C11H9BrClN3. The van der Waals surface area contributed by atoms with Crippen LogP contribution < -0.4 is 5.32 Å². The molecule has 0 amide bonds. The maximum Gasteiger partial charge on any atom is 0.224 e. The Kier molecular flexibility index (Phi) is 2.48. The van der Waals surface area contributed by atoms with E-state index < -0.39 is 0 Å². The Hall–Kier alpha value is -0.870. The molecule has 1 aromatic heterocycles. The van der Waals surface area contributed by atoms with Gasteiger partial charge in [0.15, 0.2) is 0 Å². The van der Waals surface area contributed by atoms with Crippen LogP contribution in [0.15, 0.2) is 22.7 Å². The van der Waals surface area contributed by atoms with Crippen molar-refractivity contribution >= 4 is 44.3 Å². The van der Waals surface area contributed by atoms with Crippen LogP contribution in [0.2, 0.25) is 5.28 Å². The number of para-hydroxylation sites is 1. The topological polar surface area (TPSA) is 37.8 Å². The zero-order valence-electron chi connectivity index (χ0n) is 8.37. The molecule has 0 atom stereocenters. The van der Waals surface area contributed by atoms with Crippen molar-refractivity contribution in [3.63, 3.8) is 0 Å². The lowest BCUT2D eigenvalue weighted by Crippen LogP contribution is -2.04. The number of hydrogen-bond acceptors (Lipinski definition) is 3. The number of fused-ring (bicyclic) bond motifs is 1. The number of nitrogens with one attached hydrogen (secondary N) is 1. The number of hydrogen-bond donors (Lipinski definition) is 1. The molecule has 0 radical (unpaired) electrons. The molecule has 3 nitrogen and oxygen atoms in total. The van der Waals surface area contributed by atoms with Gasteiger partial charge in [-0.3, -0.25) is 0 Å². The number of halogens is 2. The van der Waals surface area contributed by atoms with Gasteiger partial charge in [-0.05, 0) is 52.5 Å². The summed E-state index contributed by atoms with van der Waals surface area (Å²) >= 11 is 9.39. The smallest absolute Gasteiger partial charge is 0.224 e. The molecule has 1 aliphatic rings. The molecule has 1 aromatic carbocycles. The summed E-state index contributed by atoms with van der Waals surface area (Å²) in [6.45, 7) is 0. The minimum Gasteiger partial charge on any atom is -0.367 e. The monoisotopic (exact) mass is 297 g/mol. The predicted octanol–water partition coefficient (Wildman–Crippen LogP) is 3.62. The van der Waals surface area contributed by atoms with Crippen LogP contribution in [0.5, 0.6) is 0 Å². The number of nitrogens with zero attached hydrogens (tertiary/aromatic N) is 2. The second kappa shape index (κ2) is 3.86. The van der Waals surface area contributed by atoms with Crippen molar-refractivity contribution in [2.75, 3.05) is 5.32 Å². The molecule has 3 rings (SSSR count). The summed E-state index contributed by atoms with van der Waals surface area (Å²) in [7, 11) is 0. The number of benzene rings is 1. The van der Waals surface area contributed by atoms with Crippen molar-refractivity contribution in [3.05, 3.63) is 28.0 Å². The van der Waals surface area contributed by atoms with E-state index in [1.165, 1.54) is 12.8 Å². The Bertz CT molecular complexity index is 554. The summed E-state index contributed by atoms with van der Waals surface area (Å²) in [6, 6.07) is 6.48. The van der Waals surface area contributed by atoms with Crippen LogP contribution in [0.4, 0.5) is 5.82 Å².